The average Bonchev–Trinajstić information content (AvgIpc) is 2.75. The van der Waals surface area contributed by atoms with Crippen molar-refractivity contribution in [2.45, 2.75) is 33.5 Å². The van der Waals surface area contributed by atoms with E-state index in [0.717, 1.165) is 30.8 Å². The molecule has 1 aliphatic rings. The minimum absolute atomic E-state index is 0.228. The Hall–Kier alpha value is -2.44. The van der Waals surface area contributed by atoms with Crippen LogP contribution in [-0.2, 0) is 19.6 Å². The van der Waals surface area contributed by atoms with Crippen molar-refractivity contribution in [3.8, 4) is 11.5 Å². The summed E-state index contributed by atoms with van der Waals surface area (Å²) in [6, 6.07) is 11.6. The smallest absolute Gasteiger partial charge is 0.315 e. The number of ether oxygens (including phenoxy) is 2. The van der Waals surface area contributed by atoms with Crippen LogP contribution in [0.3, 0.4) is 0 Å². The van der Waals surface area contributed by atoms with Crippen LogP contribution in [-0.4, -0.2) is 37.2 Å². The standard InChI is InChI=1S/C22H28ClN3O3/c1-3-26(4-2)15-18-8-6-5-7-17(18)14-25-22(27)24-13-16-11-19(23)21-20(12-16)28-9-10-29-21/h5-8,11-12H,3-4,9-10,13-15H2,1-2H3,(H2,24,25,27). The van der Waals surface area contributed by atoms with Crippen molar-refractivity contribution in [3.05, 3.63) is 58.1 Å². The normalized spacial score (nSPS) is 12.7. The molecule has 0 spiro atoms. The number of nitrogens with zero attached hydrogens (tertiary/aromatic N) is 1. The maximum absolute atomic E-state index is 12.3. The van der Waals surface area contributed by atoms with Gasteiger partial charge in [0.05, 0.1) is 5.02 Å². The fourth-order valence-corrected chi connectivity index (χ4v) is 3.55. The first-order chi connectivity index (χ1) is 14.1. The Morgan fingerprint density at radius 3 is 2.48 bits per heavy atom. The highest BCUT2D eigenvalue weighted by Gasteiger charge is 2.17. The SMILES string of the molecule is CCN(CC)Cc1ccccc1CNC(=O)NCc1cc(Cl)c2c(c1)OCCO2. The van der Waals surface area contributed by atoms with E-state index in [2.05, 4.69) is 41.5 Å². The molecular weight excluding hydrogens is 390 g/mol. The summed E-state index contributed by atoms with van der Waals surface area (Å²) in [6.07, 6.45) is 0. The van der Waals surface area contributed by atoms with Gasteiger partial charge in [-0.25, -0.2) is 4.79 Å². The number of hydrogen-bond acceptors (Lipinski definition) is 4. The van der Waals surface area contributed by atoms with Crippen LogP contribution in [0.4, 0.5) is 4.79 Å². The number of rotatable bonds is 8. The molecule has 29 heavy (non-hydrogen) atoms. The predicted molar refractivity (Wildman–Crippen MR) is 115 cm³/mol. The molecule has 2 N–H and O–H groups in total. The van der Waals surface area contributed by atoms with E-state index in [-0.39, 0.29) is 6.03 Å². The van der Waals surface area contributed by atoms with Gasteiger partial charge in [0.15, 0.2) is 11.5 Å². The lowest BCUT2D eigenvalue weighted by Crippen LogP contribution is -2.35. The Kier molecular flexibility index (Phi) is 7.61. The van der Waals surface area contributed by atoms with Crippen molar-refractivity contribution in [1.82, 2.24) is 15.5 Å². The van der Waals surface area contributed by atoms with Crippen LogP contribution in [0.15, 0.2) is 36.4 Å². The molecule has 0 saturated heterocycles. The molecular formula is C22H28ClN3O3. The molecule has 3 rings (SSSR count). The molecule has 0 radical (unpaired) electrons. The molecule has 1 aliphatic heterocycles. The van der Waals surface area contributed by atoms with Gasteiger partial charge in [-0.1, -0.05) is 49.7 Å². The van der Waals surface area contributed by atoms with Crippen molar-refractivity contribution >= 4 is 17.6 Å². The number of nitrogens with one attached hydrogen (secondary N) is 2. The summed E-state index contributed by atoms with van der Waals surface area (Å²) < 4.78 is 11.1. The molecule has 0 fully saturated rings. The average molecular weight is 418 g/mol. The molecule has 156 valence electrons. The molecule has 2 aromatic rings. The molecule has 0 bridgehead atoms. The maximum Gasteiger partial charge on any atom is 0.315 e. The monoisotopic (exact) mass is 417 g/mol. The van der Waals surface area contributed by atoms with Crippen molar-refractivity contribution < 1.29 is 14.3 Å². The maximum atomic E-state index is 12.3. The number of carbonyl (C=O) groups is 1. The second-order valence-electron chi connectivity index (χ2n) is 6.87. The van der Waals surface area contributed by atoms with Gasteiger partial charge in [-0.05, 0) is 41.9 Å². The minimum Gasteiger partial charge on any atom is -0.486 e. The van der Waals surface area contributed by atoms with E-state index < -0.39 is 0 Å². The molecule has 2 amide bonds. The highest BCUT2D eigenvalue weighted by Crippen LogP contribution is 2.38. The van der Waals surface area contributed by atoms with Gasteiger partial charge in [-0.2, -0.15) is 0 Å². The number of fused-ring (bicyclic) bond motifs is 1. The number of carbonyl (C=O) groups excluding carboxylic acids is 1. The van der Waals surface area contributed by atoms with Gasteiger partial charge in [-0.15, -0.1) is 0 Å². The molecule has 2 aromatic carbocycles. The van der Waals surface area contributed by atoms with Crippen molar-refractivity contribution in [3.63, 3.8) is 0 Å². The molecule has 6 nitrogen and oxygen atoms in total. The summed E-state index contributed by atoms with van der Waals surface area (Å²) in [4.78, 5) is 14.6. The van der Waals surface area contributed by atoms with E-state index >= 15 is 0 Å². The Labute approximate surface area is 177 Å². The lowest BCUT2D eigenvalue weighted by molar-refractivity contribution is 0.171. The van der Waals surface area contributed by atoms with Gasteiger partial charge >= 0.3 is 6.03 Å². The van der Waals surface area contributed by atoms with Crippen LogP contribution in [0, 0.1) is 0 Å². The summed E-state index contributed by atoms with van der Waals surface area (Å²) in [5.41, 5.74) is 3.21. The van der Waals surface area contributed by atoms with E-state index in [1.54, 1.807) is 6.07 Å². The molecule has 1 heterocycles. The molecule has 0 aromatic heterocycles. The number of amides is 2. The zero-order valence-electron chi connectivity index (χ0n) is 17.0. The van der Waals surface area contributed by atoms with Crippen LogP contribution in [0.1, 0.15) is 30.5 Å². The Morgan fingerprint density at radius 1 is 1.03 bits per heavy atom. The van der Waals surface area contributed by atoms with Crippen molar-refractivity contribution in [2.75, 3.05) is 26.3 Å². The second-order valence-corrected chi connectivity index (χ2v) is 7.28. The van der Waals surface area contributed by atoms with Gasteiger partial charge in [0, 0.05) is 19.6 Å². The predicted octanol–water partition coefficient (Wildman–Crippen LogP) is 3.95. The third-order valence-corrected chi connectivity index (χ3v) is 5.24. The van der Waals surface area contributed by atoms with E-state index in [0.29, 0.717) is 42.8 Å². The van der Waals surface area contributed by atoms with Crippen LogP contribution in [0.2, 0.25) is 5.02 Å². The molecule has 0 aliphatic carbocycles. The van der Waals surface area contributed by atoms with Crippen molar-refractivity contribution in [1.29, 1.82) is 0 Å². The highest BCUT2D eigenvalue weighted by atomic mass is 35.5. The Morgan fingerprint density at radius 2 is 1.72 bits per heavy atom. The Balaban J connectivity index is 1.54. The first-order valence-corrected chi connectivity index (χ1v) is 10.4. The molecule has 0 atom stereocenters. The number of hydrogen-bond donors (Lipinski definition) is 2. The fourth-order valence-electron chi connectivity index (χ4n) is 3.26. The largest absolute Gasteiger partial charge is 0.486 e. The summed E-state index contributed by atoms with van der Waals surface area (Å²) in [5.74, 6) is 1.18. The van der Waals surface area contributed by atoms with Crippen LogP contribution in [0.25, 0.3) is 0 Å². The molecule has 0 saturated carbocycles. The van der Waals surface area contributed by atoms with E-state index in [1.807, 2.05) is 18.2 Å². The number of benzene rings is 2. The van der Waals surface area contributed by atoms with Gasteiger partial charge in [0.25, 0.3) is 0 Å². The fraction of sp³-hybridized carbons (Fsp3) is 0.409. The zero-order chi connectivity index (χ0) is 20.6. The van der Waals surface area contributed by atoms with E-state index in [4.69, 9.17) is 21.1 Å². The van der Waals surface area contributed by atoms with Crippen molar-refractivity contribution in [2.24, 2.45) is 0 Å². The van der Waals surface area contributed by atoms with Crippen LogP contribution >= 0.6 is 11.6 Å². The van der Waals surface area contributed by atoms with E-state index in [1.165, 1.54) is 5.56 Å². The summed E-state index contributed by atoms with van der Waals surface area (Å²) in [5, 5.41) is 6.30. The third kappa shape index (κ3) is 5.78. The minimum atomic E-state index is -0.228. The quantitative estimate of drug-likeness (QED) is 0.682. The van der Waals surface area contributed by atoms with Crippen LogP contribution < -0.4 is 20.1 Å². The highest BCUT2D eigenvalue weighted by molar-refractivity contribution is 6.32. The summed E-state index contributed by atoms with van der Waals surface area (Å²) in [6.45, 7) is 8.99. The van der Waals surface area contributed by atoms with Crippen LogP contribution in [0.5, 0.6) is 11.5 Å². The lowest BCUT2D eigenvalue weighted by atomic mass is 10.1. The van der Waals surface area contributed by atoms with Gasteiger partial charge < -0.3 is 20.1 Å². The summed E-state index contributed by atoms with van der Waals surface area (Å²) >= 11 is 6.25. The summed E-state index contributed by atoms with van der Waals surface area (Å²) in [7, 11) is 0. The number of halogens is 1. The first kappa shape index (κ1) is 21.3. The lowest BCUT2D eigenvalue weighted by Gasteiger charge is -2.21. The van der Waals surface area contributed by atoms with Gasteiger partial charge in [0.2, 0.25) is 0 Å². The third-order valence-electron chi connectivity index (χ3n) is 4.96. The molecule has 7 heteroatoms. The van der Waals surface area contributed by atoms with Gasteiger partial charge in [0.1, 0.15) is 13.2 Å². The second kappa shape index (κ2) is 10.4. The first-order valence-electron chi connectivity index (χ1n) is 9.99. The van der Waals surface area contributed by atoms with E-state index in [9.17, 15) is 4.79 Å². The topological polar surface area (TPSA) is 62.8 Å². The van der Waals surface area contributed by atoms with Gasteiger partial charge in [-0.3, -0.25) is 4.90 Å². The number of urea groups is 1. The molecule has 0 unspecified atom stereocenters. The zero-order valence-corrected chi connectivity index (χ0v) is 17.7. The Bertz CT molecular complexity index is 840.